The molecule has 0 aliphatic heterocycles. The molecule has 0 aromatic heterocycles. The quantitative estimate of drug-likeness (QED) is 0.649. The third kappa shape index (κ3) is 4.33. The lowest BCUT2D eigenvalue weighted by Gasteiger charge is -2.11. The summed E-state index contributed by atoms with van der Waals surface area (Å²) in [4.78, 5) is 0. The predicted octanol–water partition coefficient (Wildman–Crippen LogP) is 5.80. The van der Waals surface area contributed by atoms with Gasteiger partial charge in [0.1, 0.15) is 17.3 Å². The highest BCUT2D eigenvalue weighted by atomic mass is 79.9. The van der Waals surface area contributed by atoms with Crippen molar-refractivity contribution < 1.29 is 9.13 Å². The highest BCUT2D eigenvalue weighted by Crippen LogP contribution is 2.36. The predicted molar refractivity (Wildman–Crippen MR) is 88.0 cm³/mol. The van der Waals surface area contributed by atoms with Crippen molar-refractivity contribution in [2.24, 2.45) is 0 Å². The van der Waals surface area contributed by atoms with E-state index in [0.717, 1.165) is 18.7 Å². The lowest BCUT2D eigenvalue weighted by atomic mass is 10.2. The third-order valence-corrected chi connectivity index (χ3v) is 3.97. The summed E-state index contributed by atoms with van der Waals surface area (Å²) in [6.07, 6.45) is 0. The Morgan fingerprint density at radius 1 is 1.14 bits per heavy atom. The summed E-state index contributed by atoms with van der Waals surface area (Å²) in [7, 11) is 0. The van der Waals surface area contributed by atoms with Crippen LogP contribution < -0.4 is 10.1 Å². The molecule has 2 aromatic rings. The van der Waals surface area contributed by atoms with E-state index in [1.807, 2.05) is 19.1 Å². The van der Waals surface area contributed by atoms with Gasteiger partial charge in [-0.1, -0.05) is 36.2 Å². The summed E-state index contributed by atoms with van der Waals surface area (Å²) in [5, 5.41) is 3.71. The normalized spacial score (nSPS) is 10.7. The molecule has 0 saturated heterocycles. The van der Waals surface area contributed by atoms with Crippen molar-refractivity contribution in [2.45, 2.75) is 13.5 Å². The molecular formula is C15H13BrCl2FNO. The zero-order chi connectivity index (χ0) is 15.4. The Labute approximate surface area is 141 Å². The van der Waals surface area contributed by atoms with Crippen LogP contribution in [0, 0.1) is 5.82 Å². The zero-order valence-electron chi connectivity index (χ0n) is 11.2. The largest absolute Gasteiger partial charge is 0.455 e. The standard InChI is InChI=1S/C15H13BrCl2FNO/c1-2-20-8-9-3-4-14(12(18)5-9)21-15-7-13(19)11(17)6-10(15)16/h3-7,20H,2,8H2,1H3. The van der Waals surface area contributed by atoms with Crippen LogP contribution >= 0.6 is 39.1 Å². The second-order valence-corrected chi connectivity index (χ2v) is 6.01. The number of halogens is 4. The maximum absolute atomic E-state index is 13.5. The smallest absolute Gasteiger partial charge is 0.146 e. The van der Waals surface area contributed by atoms with Crippen LogP contribution in [0.3, 0.4) is 0 Å². The van der Waals surface area contributed by atoms with Crippen molar-refractivity contribution in [3.05, 3.63) is 56.2 Å². The minimum absolute atomic E-state index is 0.0290. The van der Waals surface area contributed by atoms with Gasteiger partial charge in [-0.05, 0) is 46.2 Å². The van der Waals surface area contributed by atoms with Crippen LogP contribution in [-0.4, -0.2) is 6.54 Å². The fourth-order valence-corrected chi connectivity index (χ4v) is 2.67. The van der Waals surface area contributed by atoms with Crippen LogP contribution in [-0.2, 0) is 6.54 Å². The van der Waals surface area contributed by atoms with Gasteiger partial charge in [0.25, 0.3) is 0 Å². The monoisotopic (exact) mass is 391 g/mol. The highest BCUT2D eigenvalue weighted by Gasteiger charge is 2.11. The van der Waals surface area contributed by atoms with E-state index in [1.165, 1.54) is 12.1 Å². The summed E-state index contributed by atoms with van der Waals surface area (Å²) in [6, 6.07) is 8.15. The summed E-state index contributed by atoms with van der Waals surface area (Å²) in [5.74, 6) is 0.229. The van der Waals surface area contributed by atoms with E-state index in [2.05, 4.69) is 21.2 Å². The van der Waals surface area contributed by atoms with Crippen LogP contribution in [0.25, 0.3) is 0 Å². The Morgan fingerprint density at radius 3 is 2.57 bits per heavy atom. The minimum atomic E-state index is -0.547. The molecule has 2 aromatic carbocycles. The number of benzene rings is 2. The van der Waals surface area contributed by atoms with E-state index in [9.17, 15) is 4.39 Å². The Kier molecular flexibility index (Phi) is 5.88. The first kappa shape index (κ1) is 16.6. The molecular weight excluding hydrogens is 380 g/mol. The van der Waals surface area contributed by atoms with Crippen LogP contribution in [0.1, 0.15) is 12.5 Å². The van der Waals surface area contributed by atoms with Gasteiger partial charge in [-0.2, -0.15) is 0 Å². The number of rotatable bonds is 5. The molecule has 6 heteroatoms. The van der Waals surface area contributed by atoms with Crippen molar-refractivity contribution in [2.75, 3.05) is 6.54 Å². The minimum Gasteiger partial charge on any atom is -0.455 e. The van der Waals surface area contributed by atoms with E-state index in [4.69, 9.17) is 27.9 Å². The lowest BCUT2D eigenvalue weighted by molar-refractivity contribution is 0.473. The van der Waals surface area contributed by atoms with Gasteiger partial charge in [0.2, 0.25) is 0 Å². The van der Waals surface area contributed by atoms with Crippen LogP contribution in [0.4, 0.5) is 4.39 Å². The summed E-state index contributed by atoms with van der Waals surface area (Å²) in [6.45, 7) is 3.65. The van der Waals surface area contributed by atoms with Gasteiger partial charge in [0.15, 0.2) is 0 Å². The van der Waals surface area contributed by atoms with Gasteiger partial charge in [-0.15, -0.1) is 0 Å². The lowest BCUT2D eigenvalue weighted by Crippen LogP contribution is -2.11. The van der Waals surface area contributed by atoms with Gasteiger partial charge in [-0.3, -0.25) is 0 Å². The van der Waals surface area contributed by atoms with E-state index in [1.54, 1.807) is 6.07 Å². The van der Waals surface area contributed by atoms with Gasteiger partial charge < -0.3 is 10.1 Å². The summed E-state index contributed by atoms with van der Waals surface area (Å²) >= 11 is 15.2. The number of hydrogen-bond donors (Lipinski definition) is 1. The van der Waals surface area contributed by atoms with E-state index in [-0.39, 0.29) is 5.02 Å². The van der Waals surface area contributed by atoms with Gasteiger partial charge >= 0.3 is 0 Å². The first-order chi connectivity index (χ1) is 10.0. The Morgan fingerprint density at radius 2 is 1.90 bits per heavy atom. The molecule has 0 fully saturated rings. The maximum Gasteiger partial charge on any atom is 0.146 e. The van der Waals surface area contributed by atoms with E-state index < -0.39 is 5.82 Å². The van der Waals surface area contributed by atoms with E-state index in [0.29, 0.717) is 21.0 Å². The first-order valence-electron chi connectivity index (χ1n) is 6.32. The third-order valence-electron chi connectivity index (χ3n) is 2.77. The average Bonchev–Trinajstić information content (AvgIpc) is 2.45. The van der Waals surface area contributed by atoms with Crippen LogP contribution in [0.2, 0.25) is 10.0 Å². The van der Waals surface area contributed by atoms with Crippen molar-refractivity contribution in [1.29, 1.82) is 0 Å². The fraction of sp³-hybridized carbons (Fsp3) is 0.200. The molecule has 0 heterocycles. The average molecular weight is 393 g/mol. The summed E-state index contributed by atoms with van der Waals surface area (Å²) in [5.41, 5.74) is 1.05. The molecule has 2 rings (SSSR count). The molecule has 1 N–H and O–H groups in total. The van der Waals surface area contributed by atoms with Gasteiger partial charge in [-0.25, -0.2) is 4.39 Å². The molecule has 0 amide bonds. The zero-order valence-corrected chi connectivity index (χ0v) is 14.3. The molecule has 112 valence electrons. The Bertz CT molecular complexity index is 652. The van der Waals surface area contributed by atoms with Gasteiger partial charge in [0, 0.05) is 12.6 Å². The second kappa shape index (κ2) is 7.45. The molecule has 0 spiro atoms. The molecule has 0 atom stereocenters. The maximum atomic E-state index is 13.5. The molecule has 0 unspecified atom stereocenters. The SMILES string of the molecule is CCNCc1ccc(Oc2cc(F)c(Cl)cc2Br)c(Cl)c1. The molecule has 0 aliphatic rings. The van der Waals surface area contributed by atoms with Gasteiger partial charge in [0.05, 0.1) is 14.5 Å². The van der Waals surface area contributed by atoms with Crippen LogP contribution in [0.5, 0.6) is 11.5 Å². The van der Waals surface area contributed by atoms with Crippen molar-refractivity contribution in [1.82, 2.24) is 5.32 Å². The molecule has 21 heavy (non-hydrogen) atoms. The van der Waals surface area contributed by atoms with E-state index >= 15 is 0 Å². The second-order valence-electron chi connectivity index (χ2n) is 4.34. The summed E-state index contributed by atoms with van der Waals surface area (Å²) < 4.78 is 19.7. The molecule has 0 saturated carbocycles. The topological polar surface area (TPSA) is 21.3 Å². The fourth-order valence-electron chi connectivity index (χ4n) is 1.71. The van der Waals surface area contributed by atoms with Crippen molar-refractivity contribution in [3.8, 4) is 11.5 Å². The van der Waals surface area contributed by atoms with Crippen LogP contribution in [0.15, 0.2) is 34.8 Å². The molecule has 0 bridgehead atoms. The molecule has 0 radical (unpaired) electrons. The number of nitrogens with one attached hydrogen (secondary N) is 1. The Hall–Kier alpha value is -0.810. The number of ether oxygens (including phenoxy) is 1. The highest BCUT2D eigenvalue weighted by molar-refractivity contribution is 9.10. The Balaban J connectivity index is 2.22. The molecule has 2 nitrogen and oxygen atoms in total. The van der Waals surface area contributed by atoms with Crippen molar-refractivity contribution in [3.63, 3.8) is 0 Å². The first-order valence-corrected chi connectivity index (χ1v) is 7.87. The number of hydrogen-bond acceptors (Lipinski definition) is 2. The molecule has 0 aliphatic carbocycles. The van der Waals surface area contributed by atoms with Crippen molar-refractivity contribution >= 4 is 39.1 Å².